The molecule has 2 heteroatoms. The van der Waals surface area contributed by atoms with Crippen LogP contribution in [0.3, 0.4) is 0 Å². The molecule has 2 rings (SSSR count). The average Bonchev–Trinajstić information content (AvgIpc) is 2.47. The molecule has 1 heterocycles. The number of nitrogens with zero attached hydrogens (tertiary/aromatic N) is 1. The van der Waals surface area contributed by atoms with Gasteiger partial charge in [-0.1, -0.05) is 31.2 Å². The molecule has 0 fully saturated rings. The van der Waals surface area contributed by atoms with Crippen molar-refractivity contribution in [1.29, 1.82) is 0 Å². The van der Waals surface area contributed by atoms with Crippen LogP contribution in [0.1, 0.15) is 37.8 Å². The molecule has 1 N–H and O–H groups in total. The van der Waals surface area contributed by atoms with E-state index in [1.54, 1.807) is 0 Å². The molecular formula is C17H20N2. The summed E-state index contributed by atoms with van der Waals surface area (Å²) in [5.41, 5.74) is 2.33. The van der Waals surface area contributed by atoms with Crippen LogP contribution in [0.4, 0.5) is 0 Å². The molecule has 0 saturated heterocycles. The van der Waals surface area contributed by atoms with Crippen LogP contribution in [0.2, 0.25) is 0 Å². The lowest BCUT2D eigenvalue weighted by molar-refractivity contribution is 0.508. The summed E-state index contributed by atoms with van der Waals surface area (Å²) in [6, 6.07) is 10.7. The summed E-state index contributed by atoms with van der Waals surface area (Å²) in [7, 11) is 0. The number of terminal acetylenes is 1. The smallest absolute Gasteiger partial charge is 0.0749 e. The molecule has 0 saturated carbocycles. The van der Waals surface area contributed by atoms with Crippen LogP contribution in [0, 0.1) is 12.3 Å². The van der Waals surface area contributed by atoms with Gasteiger partial charge in [-0.2, -0.15) is 0 Å². The highest BCUT2D eigenvalue weighted by molar-refractivity contribution is 5.82. The fraction of sp³-hybridized carbons (Fsp3) is 0.353. The molecule has 0 aliphatic carbocycles. The van der Waals surface area contributed by atoms with Crippen LogP contribution < -0.4 is 5.32 Å². The second kappa shape index (κ2) is 6.92. The Hall–Kier alpha value is -1.85. The monoisotopic (exact) mass is 252 g/mol. The van der Waals surface area contributed by atoms with Crippen LogP contribution in [0.25, 0.3) is 10.9 Å². The number of rotatable bonds is 6. The predicted molar refractivity (Wildman–Crippen MR) is 80.8 cm³/mol. The van der Waals surface area contributed by atoms with Crippen molar-refractivity contribution in [2.24, 2.45) is 0 Å². The van der Waals surface area contributed by atoms with E-state index in [0.29, 0.717) is 0 Å². The Morgan fingerprint density at radius 3 is 2.95 bits per heavy atom. The molecule has 0 aliphatic heterocycles. The lowest BCUT2D eigenvalue weighted by Crippen LogP contribution is -2.22. The maximum Gasteiger partial charge on any atom is 0.0749 e. The van der Waals surface area contributed by atoms with E-state index in [4.69, 9.17) is 6.42 Å². The first kappa shape index (κ1) is 13.6. The first-order chi connectivity index (χ1) is 9.36. The second-order valence-corrected chi connectivity index (χ2v) is 4.67. The van der Waals surface area contributed by atoms with E-state index in [1.165, 1.54) is 10.9 Å². The third-order valence-electron chi connectivity index (χ3n) is 3.26. The van der Waals surface area contributed by atoms with E-state index in [1.807, 2.05) is 12.3 Å². The number of hydrogen-bond donors (Lipinski definition) is 1. The average molecular weight is 252 g/mol. The fourth-order valence-electron chi connectivity index (χ4n) is 2.32. The number of hydrogen-bond acceptors (Lipinski definition) is 2. The van der Waals surface area contributed by atoms with Crippen molar-refractivity contribution in [3.05, 3.63) is 42.1 Å². The zero-order chi connectivity index (χ0) is 13.5. The number of nitrogens with one attached hydrogen (secondary N) is 1. The first-order valence-corrected chi connectivity index (χ1v) is 6.87. The maximum atomic E-state index is 5.40. The van der Waals surface area contributed by atoms with Crippen molar-refractivity contribution in [3.8, 4) is 12.3 Å². The quantitative estimate of drug-likeness (QED) is 0.793. The van der Waals surface area contributed by atoms with Crippen molar-refractivity contribution in [3.63, 3.8) is 0 Å². The zero-order valence-corrected chi connectivity index (χ0v) is 11.4. The summed E-state index contributed by atoms with van der Waals surface area (Å²) in [5.74, 6) is 2.73. The van der Waals surface area contributed by atoms with Crippen molar-refractivity contribution in [2.75, 3.05) is 6.54 Å². The number of para-hydroxylation sites is 1. The molecule has 1 atom stereocenters. The normalized spacial score (nSPS) is 12.2. The van der Waals surface area contributed by atoms with Gasteiger partial charge in [0, 0.05) is 24.0 Å². The van der Waals surface area contributed by atoms with E-state index in [-0.39, 0.29) is 6.04 Å². The summed E-state index contributed by atoms with van der Waals surface area (Å²) in [6.07, 6.45) is 10.1. The summed E-state index contributed by atoms with van der Waals surface area (Å²) in [4.78, 5) is 4.53. The molecule has 1 aromatic heterocycles. The van der Waals surface area contributed by atoms with E-state index < -0.39 is 0 Å². The molecule has 2 aromatic rings. The summed E-state index contributed by atoms with van der Waals surface area (Å²) < 4.78 is 0. The predicted octanol–water partition coefficient (Wildman–Crippen LogP) is 3.69. The Kier molecular flexibility index (Phi) is 4.94. The molecular weight excluding hydrogens is 232 g/mol. The van der Waals surface area contributed by atoms with Gasteiger partial charge in [0.2, 0.25) is 0 Å². The largest absolute Gasteiger partial charge is 0.310 e. The highest BCUT2D eigenvalue weighted by Crippen LogP contribution is 2.25. The molecule has 19 heavy (non-hydrogen) atoms. The Morgan fingerprint density at radius 2 is 2.16 bits per heavy atom. The molecule has 1 unspecified atom stereocenters. The second-order valence-electron chi connectivity index (χ2n) is 4.67. The Balaban J connectivity index is 2.34. The van der Waals surface area contributed by atoms with Gasteiger partial charge >= 0.3 is 0 Å². The van der Waals surface area contributed by atoms with Gasteiger partial charge in [-0.05, 0) is 31.0 Å². The summed E-state index contributed by atoms with van der Waals surface area (Å²) in [6.45, 7) is 3.17. The molecule has 98 valence electrons. The van der Waals surface area contributed by atoms with Gasteiger partial charge in [0.05, 0.1) is 5.52 Å². The Labute approximate surface area is 115 Å². The van der Waals surface area contributed by atoms with Crippen LogP contribution in [0.15, 0.2) is 36.5 Å². The summed E-state index contributed by atoms with van der Waals surface area (Å²) >= 11 is 0. The minimum Gasteiger partial charge on any atom is -0.310 e. The third kappa shape index (κ3) is 3.33. The van der Waals surface area contributed by atoms with Crippen molar-refractivity contribution >= 4 is 10.9 Å². The van der Waals surface area contributed by atoms with Crippen molar-refractivity contribution < 1.29 is 0 Å². The van der Waals surface area contributed by atoms with Gasteiger partial charge in [-0.15, -0.1) is 12.3 Å². The molecule has 0 spiro atoms. The van der Waals surface area contributed by atoms with Gasteiger partial charge in [-0.25, -0.2) is 0 Å². The SMILES string of the molecule is C#CCCC(NCCC)c1cccc2cccnc12. The minimum absolute atomic E-state index is 0.287. The summed E-state index contributed by atoms with van der Waals surface area (Å²) in [5, 5.41) is 4.76. The third-order valence-corrected chi connectivity index (χ3v) is 3.26. The van der Waals surface area contributed by atoms with Gasteiger partial charge in [0.1, 0.15) is 0 Å². The molecule has 0 bridgehead atoms. The minimum atomic E-state index is 0.287. The lowest BCUT2D eigenvalue weighted by Gasteiger charge is -2.19. The van der Waals surface area contributed by atoms with E-state index in [0.717, 1.165) is 31.3 Å². The van der Waals surface area contributed by atoms with Crippen molar-refractivity contribution in [2.45, 2.75) is 32.2 Å². The number of benzene rings is 1. The number of aromatic nitrogens is 1. The standard InChI is InChI=1S/C17H20N2/c1-3-5-11-16(18-12-4-2)15-10-6-8-14-9-7-13-19-17(14)15/h1,6-10,13,16,18H,4-5,11-12H2,2H3. The topological polar surface area (TPSA) is 24.9 Å². The number of pyridine rings is 1. The van der Waals surface area contributed by atoms with E-state index >= 15 is 0 Å². The van der Waals surface area contributed by atoms with Crippen LogP contribution in [0.5, 0.6) is 0 Å². The zero-order valence-electron chi connectivity index (χ0n) is 11.4. The highest BCUT2D eigenvalue weighted by Gasteiger charge is 2.13. The van der Waals surface area contributed by atoms with Crippen molar-refractivity contribution in [1.82, 2.24) is 10.3 Å². The van der Waals surface area contributed by atoms with Crippen LogP contribution >= 0.6 is 0 Å². The van der Waals surface area contributed by atoms with Gasteiger partial charge in [-0.3, -0.25) is 4.98 Å². The van der Waals surface area contributed by atoms with E-state index in [2.05, 4.69) is 47.4 Å². The highest BCUT2D eigenvalue weighted by atomic mass is 14.9. The molecule has 1 aromatic carbocycles. The van der Waals surface area contributed by atoms with Crippen LogP contribution in [-0.2, 0) is 0 Å². The van der Waals surface area contributed by atoms with Gasteiger partial charge in [0.25, 0.3) is 0 Å². The Bertz CT molecular complexity index is 563. The molecule has 0 aliphatic rings. The Morgan fingerprint density at radius 1 is 1.32 bits per heavy atom. The molecule has 0 amide bonds. The van der Waals surface area contributed by atoms with Crippen LogP contribution in [-0.4, -0.2) is 11.5 Å². The maximum absolute atomic E-state index is 5.40. The lowest BCUT2D eigenvalue weighted by atomic mass is 9.99. The number of fused-ring (bicyclic) bond motifs is 1. The first-order valence-electron chi connectivity index (χ1n) is 6.87. The molecule has 2 nitrogen and oxygen atoms in total. The fourth-order valence-corrected chi connectivity index (χ4v) is 2.32. The van der Waals surface area contributed by atoms with Gasteiger partial charge in [0.15, 0.2) is 0 Å². The van der Waals surface area contributed by atoms with Gasteiger partial charge < -0.3 is 5.32 Å². The molecule has 0 radical (unpaired) electrons. The van der Waals surface area contributed by atoms with E-state index in [9.17, 15) is 0 Å².